The van der Waals surface area contributed by atoms with E-state index in [-0.39, 0.29) is 23.4 Å². The van der Waals surface area contributed by atoms with Crippen LogP contribution in [0.25, 0.3) is 44.3 Å². The number of halogens is 2. The number of hydrogen-bond acceptors (Lipinski definition) is 4. The molecule has 1 fully saturated rings. The lowest BCUT2D eigenvalue weighted by Crippen LogP contribution is -2.43. The molecule has 1 aliphatic carbocycles. The van der Waals surface area contributed by atoms with Gasteiger partial charge in [-0.1, -0.05) is 66.2 Å². The molecule has 0 bridgehead atoms. The summed E-state index contributed by atoms with van der Waals surface area (Å²) in [5, 5.41) is 8.51. The SMILES string of the molecule is Cl.NC1(c2ccc(-c3c(-c4ccccc4)oc4c(ccc5c(Cl)n[nH]c54)c3=O)cc2)CCC1. The quantitative estimate of drug-likeness (QED) is 0.314. The van der Waals surface area contributed by atoms with E-state index in [9.17, 15) is 4.79 Å². The summed E-state index contributed by atoms with van der Waals surface area (Å²) in [5.74, 6) is 0.514. The fourth-order valence-electron chi connectivity index (χ4n) is 4.58. The monoisotopic (exact) mass is 477 g/mol. The van der Waals surface area contributed by atoms with Crippen LogP contribution in [0.5, 0.6) is 0 Å². The van der Waals surface area contributed by atoms with Crippen LogP contribution in [0.3, 0.4) is 0 Å². The highest BCUT2D eigenvalue weighted by Gasteiger charge is 2.34. The van der Waals surface area contributed by atoms with Gasteiger partial charge < -0.3 is 10.2 Å². The predicted molar refractivity (Wildman–Crippen MR) is 135 cm³/mol. The maximum Gasteiger partial charge on any atom is 0.201 e. The average molecular weight is 478 g/mol. The standard InChI is InChI=1S/C26H20ClN3O2.ClH/c27-25-18-11-12-19-22(31)20(15-7-9-17(10-8-15)26(28)13-4-14-26)23(16-5-2-1-3-6-16)32-24(19)21(18)29-30-25;/h1-3,5-12H,4,13-14,28H2,(H,29,30);1H. The fraction of sp³-hybridized carbons (Fsp3) is 0.154. The summed E-state index contributed by atoms with van der Waals surface area (Å²) in [5.41, 5.74) is 10.5. The summed E-state index contributed by atoms with van der Waals surface area (Å²) in [6, 6.07) is 21.2. The third kappa shape index (κ3) is 3.35. The van der Waals surface area contributed by atoms with Gasteiger partial charge in [0.25, 0.3) is 0 Å². The molecule has 3 aromatic carbocycles. The second kappa shape index (κ2) is 8.03. The average Bonchev–Trinajstić information content (AvgIpc) is 3.19. The molecule has 0 amide bonds. The summed E-state index contributed by atoms with van der Waals surface area (Å²) in [6.45, 7) is 0. The molecule has 33 heavy (non-hydrogen) atoms. The maximum atomic E-state index is 13.8. The molecule has 3 N–H and O–H groups in total. The lowest BCUT2D eigenvalue weighted by molar-refractivity contribution is 0.253. The highest BCUT2D eigenvalue weighted by atomic mass is 35.5. The van der Waals surface area contributed by atoms with E-state index in [0.29, 0.717) is 38.3 Å². The summed E-state index contributed by atoms with van der Waals surface area (Å²) in [4.78, 5) is 13.8. The van der Waals surface area contributed by atoms with Gasteiger partial charge in [0.05, 0.1) is 10.9 Å². The number of H-pyrrole nitrogens is 1. The van der Waals surface area contributed by atoms with Gasteiger partial charge >= 0.3 is 0 Å². The molecule has 0 atom stereocenters. The Balaban J connectivity index is 0.00000228. The molecule has 0 spiro atoms. The van der Waals surface area contributed by atoms with Crippen molar-refractivity contribution in [3.05, 3.63) is 87.7 Å². The van der Waals surface area contributed by atoms with E-state index >= 15 is 0 Å². The number of rotatable bonds is 3. The van der Waals surface area contributed by atoms with E-state index in [1.165, 1.54) is 0 Å². The molecule has 0 saturated heterocycles. The summed E-state index contributed by atoms with van der Waals surface area (Å²) < 4.78 is 6.42. The number of nitrogens with zero attached hydrogens (tertiary/aromatic N) is 1. The van der Waals surface area contributed by atoms with Crippen molar-refractivity contribution < 1.29 is 4.42 Å². The Morgan fingerprint density at radius 3 is 2.30 bits per heavy atom. The summed E-state index contributed by atoms with van der Waals surface area (Å²) in [7, 11) is 0. The van der Waals surface area contributed by atoms with Crippen molar-refractivity contribution in [2.75, 3.05) is 0 Å². The Morgan fingerprint density at radius 2 is 1.64 bits per heavy atom. The van der Waals surface area contributed by atoms with Crippen LogP contribution in [0, 0.1) is 0 Å². The van der Waals surface area contributed by atoms with Crippen LogP contribution in [-0.2, 0) is 5.54 Å². The minimum absolute atomic E-state index is 0. The van der Waals surface area contributed by atoms with Crippen molar-refractivity contribution in [3.63, 3.8) is 0 Å². The van der Waals surface area contributed by atoms with Crippen LogP contribution in [0.15, 0.2) is 75.9 Å². The lowest BCUT2D eigenvalue weighted by Gasteiger charge is -2.38. The fourth-order valence-corrected chi connectivity index (χ4v) is 4.78. The third-order valence-electron chi connectivity index (χ3n) is 6.58. The van der Waals surface area contributed by atoms with Crippen LogP contribution < -0.4 is 11.2 Å². The van der Waals surface area contributed by atoms with Gasteiger partial charge in [0.15, 0.2) is 10.7 Å². The van der Waals surface area contributed by atoms with E-state index in [1.54, 1.807) is 12.1 Å². The normalized spacial score (nSPS) is 14.7. The Labute approximate surface area is 201 Å². The van der Waals surface area contributed by atoms with Crippen molar-refractivity contribution in [1.29, 1.82) is 0 Å². The molecule has 5 aromatic rings. The van der Waals surface area contributed by atoms with Gasteiger partial charge in [-0.3, -0.25) is 9.89 Å². The van der Waals surface area contributed by atoms with Gasteiger partial charge in [0, 0.05) is 16.5 Å². The van der Waals surface area contributed by atoms with Crippen molar-refractivity contribution in [3.8, 4) is 22.5 Å². The third-order valence-corrected chi connectivity index (χ3v) is 6.87. The zero-order valence-electron chi connectivity index (χ0n) is 17.6. The van der Waals surface area contributed by atoms with Crippen molar-refractivity contribution in [2.45, 2.75) is 24.8 Å². The molecule has 1 saturated carbocycles. The maximum absolute atomic E-state index is 13.8. The van der Waals surface area contributed by atoms with Crippen LogP contribution >= 0.6 is 24.0 Å². The molecule has 6 rings (SSSR count). The van der Waals surface area contributed by atoms with Gasteiger partial charge in [0.1, 0.15) is 11.3 Å². The molecule has 2 heterocycles. The number of fused-ring (bicyclic) bond motifs is 3. The number of aromatic nitrogens is 2. The zero-order chi connectivity index (χ0) is 21.9. The van der Waals surface area contributed by atoms with Crippen molar-refractivity contribution in [1.82, 2.24) is 10.2 Å². The smallest absolute Gasteiger partial charge is 0.201 e. The Hall–Kier alpha value is -3.12. The Bertz CT molecular complexity index is 1540. The first kappa shape index (κ1) is 21.7. The van der Waals surface area contributed by atoms with E-state index in [4.69, 9.17) is 21.8 Å². The van der Waals surface area contributed by atoms with E-state index in [2.05, 4.69) is 10.2 Å². The van der Waals surface area contributed by atoms with Gasteiger partial charge in [0.2, 0.25) is 5.43 Å². The molecular formula is C26H21Cl2N3O2. The molecule has 0 aliphatic heterocycles. The molecule has 2 aromatic heterocycles. The van der Waals surface area contributed by atoms with Crippen molar-refractivity contribution >= 4 is 45.9 Å². The zero-order valence-corrected chi connectivity index (χ0v) is 19.2. The molecule has 0 unspecified atom stereocenters. The molecular weight excluding hydrogens is 457 g/mol. The Kier molecular flexibility index (Phi) is 5.28. The minimum atomic E-state index is -0.250. The molecule has 166 valence electrons. The first-order valence-electron chi connectivity index (χ1n) is 10.6. The van der Waals surface area contributed by atoms with Gasteiger partial charge in [-0.25, -0.2) is 0 Å². The van der Waals surface area contributed by atoms with Gasteiger partial charge in [-0.05, 0) is 42.5 Å². The first-order valence-corrected chi connectivity index (χ1v) is 11.0. The Morgan fingerprint density at radius 1 is 0.939 bits per heavy atom. The van der Waals surface area contributed by atoms with Crippen LogP contribution in [0.4, 0.5) is 0 Å². The van der Waals surface area contributed by atoms with E-state index in [0.717, 1.165) is 36.0 Å². The molecule has 5 nitrogen and oxygen atoms in total. The van der Waals surface area contributed by atoms with Crippen LogP contribution in [0.2, 0.25) is 5.15 Å². The van der Waals surface area contributed by atoms with Crippen LogP contribution in [-0.4, -0.2) is 10.2 Å². The number of aromatic amines is 1. The molecule has 1 aliphatic rings. The predicted octanol–water partition coefficient (Wildman–Crippen LogP) is 6.42. The molecule has 7 heteroatoms. The van der Waals surface area contributed by atoms with Gasteiger partial charge in [-0.2, -0.15) is 5.10 Å². The second-order valence-corrected chi connectivity index (χ2v) is 8.83. The van der Waals surface area contributed by atoms with E-state index < -0.39 is 0 Å². The second-order valence-electron chi connectivity index (χ2n) is 8.47. The van der Waals surface area contributed by atoms with Gasteiger partial charge in [-0.15, -0.1) is 12.4 Å². The number of benzene rings is 3. The highest BCUT2D eigenvalue weighted by Crippen LogP contribution is 2.40. The topological polar surface area (TPSA) is 84.9 Å². The summed E-state index contributed by atoms with van der Waals surface area (Å²) >= 11 is 6.19. The summed E-state index contributed by atoms with van der Waals surface area (Å²) in [6.07, 6.45) is 3.13. The van der Waals surface area contributed by atoms with Crippen LogP contribution in [0.1, 0.15) is 24.8 Å². The van der Waals surface area contributed by atoms with Crippen molar-refractivity contribution in [2.24, 2.45) is 5.73 Å². The number of nitrogens with two attached hydrogens (primary N) is 1. The van der Waals surface area contributed by atoms with E-state index in [1.807, 2.05) is 54.6 Å². The highest BCUT2D eigenvalue weighted by molar-refractivity contribution is 6.35. The number of nitrogens with one attached hydrogen (secondary N) is 1. The minimum Gasteiger partial charge on any atom is -0.453 e. The lowest BCUT2D eigenvalue weighted by atomic mass is 9.72. The molecule has 0 radical (unpaired) electrons. The first-order chi connectivity index (χ1) is 15.5. The largest absolute Gasteiger partial charge is 0.453 e. The number of hydrogen-bond donors (Lipinski definition) is 2.